The zero-order valence-corrected chi connectivity index (χ0v) is 12.7. The van der Waals surface area contributed by atoms with Crippen molar-refractivity contribution < 1.29 is 0 Å². The van der Waals surface area contributed by atoms with E-state index < -0.39 is 0 Å². The van der Waals surface area contributed by atoms with Crippen LogP contribution in [-0.2, 0) is 6.42 Å². The number of guanidine groups is 1. The van der Waals surface area contributed by atoms with E-state index in [-0.39, 0.29) is 5.54 Å². The molecule has 21 heavy (non-hydrogen) atoms. The normalized spacial score (nSPS) is 12.2. The van der Waals surface area contributed by atoms with E-state index in [0.717, 1.165) is 18.5 Å². The summed E-state index contributed by atoms with van der Waals surface area (Å²) in [6, 6.07) is 20.3. The molecule has 0 aromatic heterocycles. The van der Waals surface area contributed by atoms with E-state index in [0.29, 0.717) is 5.96 Å². The molecule has 3 N–H and O–H groups in total. The van der Waals surface area contributed by atoms with Gasteiger partial charge in [-0.25, -0.2) is 4.99 Å². The Morgan fingerprint density at radius 1 is 1.00 bits per heavy atom. The largest absolute Gasteiger partial charge is 0.370 e. The van der Waals surface area contributed by atoms with Gasteiger partial charge in [0, 0.05) is 5.69 Å². The minimum absolute atomic E-state index is 0.193. The van der Waals surface area contributed by atoms with Gasteiger partial charge in [0.2, 0.25) is 0 Å². The molecule has 0 saturated carbocycles. The van der Waals surface area contributed by atoms with Crippen molar-refractivity contribution in [2.75, 3.05) is 5.32 Å². The lowest BCUT2D eigenvalue weighted by Crippen LogP contribution is -2.29. The topological polar surface area (TPSA) is 50.4 Å². The monoisotopic (exact) mass is 281 g/mol. The van der Waals surface area contributed by atoms with Crippen molar-refractivity contribution >= 4 is 11.6 Å². The van der Waals surface area contributed by atoms with Crippen LogP contribution < -0.4 is 11.1 Å². The summed E-state index contributed by atoms with van der Waals surface area (Å²) in [6.45, 7) is 4.21. The number of nitrogens with zero attached hydrogens (tertiary/aromatic N) is 1. The molecule has 0 aliphatic heterocycles. The summed E-state index contributed by atoms with van der Waals surface area (Å²) in [5.74, 6) is 0.458. The molecular weight excluding hydrogens is 258 g/mol. The number of hydrogen-bond donors (Lipinski definition) is 2. The van der Waals surface area contributed by atoms with Crippen molar-refractivity contribution in [3.63, 3.8) is 0 Å². The fourth-order valence-corrected chi connectivity index (χ4v) is 2.17. The average molecular weight is 281 g/mol. The highest BCUT2D eigenvalue weighted by molar-refractivity contribution is 5.92. The van der Waals surface area contributed by atoms with E-state index in [1.54, 1.807) is 0 Å². The van der Waals surface area contributed by atoms with Gasteiger partial charge >= 0.3 is 0 Å². The van der Waals surface area contributed by atoms with E-state index >= 15 is 0 Å². The Labute approximate surface area is 126 Å². The molecule has 0 spiro atoms. The van der Waals surface area contributed by atoms with Gasteiger partial charge in [-0.2, -0.15) is 0 Å². The molecule has 2 rings (SSSR count). The highest BCUT2D eigenvalue weighted by Crippen LogP contribution is 2.18. The molecule has 0 heterocycles. The van der Waals surface area contributed by atoms with Crippen molar-refractivity contribution in [2.24, 2.45) is 10.7 Å². The summed E-state index contributed by atoms with van der Waals surface area (Å²) in [5.41, 5.74) is 8.09. The second-order valence-electron chi connectivity index (χ2n) is 5.79. The van der Waals surface area contributed by atoms with E-state index in [2.05, 4.69) is 48.4 Å². The van der Waals surface area contributed by atoms with E-state index in [9.17, 15) is 0 Å². The molecule has 0 aliphatic rings. The van der Waals surface area contributed by atoms with Crippen LogP contribution in [0.3, 0.4) is 0 Å². The second kappa shape index (κ2) is 6.93. The molecule has 2 aromatic rings. The first-order valence-electron chi connectivity index (χ1n) is 7.26. The number of nitrogens with one attached hydrogen (secondary N) is 1. The number of nitrogens with two attached hydrogens (primary N) is 1. The molecule has 0 bridgehead atoms. The van der Waals surface area contributed by atoms with Crippen molar-refractivity contribution in [1.29, 1.82) is 0 Å². The molecule has 3 heteroatoms. The average Bonchev–Trinajstić information content (AvgIpc) is 2.47. The van der Waals surface area contributed by atoms with Crippen molar-refractivity contribution in [3.8, 4) is 0 Å². The summed E-state index contributed by atoms with van der Waals surface area (Å²) < 4.78 is 0. The molecule has 0 aliphatic carbocycles. The maximum absolute atomic E-state index is 6.00. The maximum atomic E-state index is 6.00. The molecule has 110 valence electrons. The smallest absolute Gasteiger partial charge is 0.193 e. The number of aryl methyl sites for hydroxylation is 1. The maximum Gasteiger partial charge on any atom is 0.193 e. The Morgan fingerprint density at radius 3 is 2.19 bits per heavy atom. The number of para-hydroxylation sites is 1. The standard InChI is InChI=1S/C18H23N3/c1-18(2,14-13-15-9-5-3-6-10-15)21-17(19)20-16-11-7-4-8-12-16/h3-12H,13-14H2,1-2H3,(H3,19,20,21). The van der Waals surface area contributed by atoms with Crippen LogP contribution in [0.1, 0.15) is 25.8 Å². The molecule has 0 saturated heterocycles. The summed E-state index contributed by atoms with van der Waals surface area (Å²) in [6.07, 6.45) is 1.95. The minimum Gasteiger partial charge on any atom is -0.370 e. The lowest BCUT2D eigenvalue weighted by molar-refractivity contribution is 0.480. The lowest BCUT2D eigenvalue weighted by atomic mass is 9.96. The predicted molar refractivity (Wildman–Crippen MR) is 90.5 cm³/mol. The first-order chi connectivity index (χ1) is 10.1. The molecule has 0 amide bonds. The zero-order valence-electron chi connectivity index (χ0n) is 12.7. The lowest BCUT2D eigenvalue weighted by Gasteiger charge is -2.21. The van der Waals surface area contributed by atoms with Crippen LogP contribution in [0.5, 0.6) is 0 Å². The molecular formula is C18H23N3. The second-order valence-corrected chi connectivity index (χ2v) is 5.79. The Hall–Kier alpha value is -2.29. The van der Waals surface area contributed by atoms with Crippen LogP contribution in [-0.4, -0.2) is 11.5 Å². The number of benzene rings is 2. The van der Waals surface area contributed by atoms with Crippen LogP contribution >= 0.6 is 0 Å². The van der Waals surface area contributed by atoms with Crippen LogP contribution in [0, 0.1) is 0 Å². The first kappa shape index (κ1) is 15.1. The fraction of sp³-hybridized carbons (Fsp3) is 0.278. The Morgan fingerprint density at radius 2 is 1.57 bits per heavy atom. The summed E-state index contributed by atoms with van der Waals surface area (Å²) in [4.78, 5) is 4.60. The minimum atomic E-state index is -0.193. The van der Waals surface area contributed by atoms with Crippen LogP contribution in [0.25, 0.3) is 0 Å². The fourth-order valence-electron chi connectivity index (χ4n) is 2.17. The number of hydrogen-bond acceptors (Lipinski definition) is 1. The van der Waals surface area contributed by atoms with Gasteiger partial charge in [0.1, 0.15) is 0 Å². The highest BCUT2D eigenvalue weighted by Gasteiger charge is 2.16. The third kappa shape index (κ3) is 5.30. The molecule has 0 fully saturated rings. The Balaban J connectivity index is 1.94. The summed E-state index contributed by atoms with van der Waals surface area (Å²) in [5, 5.41) is 3.12. The first-order valence-corrected chi connectivity index (χ1v) is 7.26. The van der Waals surface area contributed by atoms with E-state index in [1.165, 1.54) is 5.56 Å². The molecule has 0 radical (unpaired) electrons. The Bertz CT molecular complexity index is 574. The van der Waals surface area contributed by atoms with Crippen molar-refractivity contribution in [1.82, 2.24) is 0 Å². The zero-order chi connectivity index (χ0) is 15.1. The van der Waals surface area contributed by atoms with Gasteiger partial charge in [-0.3, -0.25) is 0 Å². The molecule has 2 aromatic carbocycles. The third-order valence-electron chi connectivity index (χ3n) is 3.34. The SMILES string of the molecule is CC(C)(CCc1ccccc1)N=C(N)Nc1ccccc1. The van der Waals surface area contributed by atoms with Gasteiger partial charge in [0.25, 0.3) is 0 Å². The third-order valence-corrected chi connectivity index (χ3v) is 3.34. The number of anilines is 1. The van der Waals surface area contributed by atoms with Crippen LogP contribution in [0.4, 0.5) is 5.69 Å². The van der Waals surface area contributed by atoms with Gasteiger partial charge in [0.15, 0.2) is 5.96 Å². The predicted octanol–water partition coefficient (Wildman–Crippen LogP) is 3.82. The molecule has 0 atom stereocenters. The number of aliphatic imine (C=N–C) groups is 1. The van der Waals surface area contributed by atoms with Gasteiger partial charge < -0.3 is 11.1 Å². The summed E-state index contributed by atoms with van der Waals surface area (Å²) >= 11 is 0. The van der Waals surface area contributed by atoms with Crippen LogP contribution in [0.15, 0.2) is 65.7 Å². The quantitative estimate of drug-likeness (QED) is 0.646. The summed E-state index contributed by atoms with van der Waals surface area (Å²) in [7, 11) is 0. The van der Waals surface area contributed by atoms with Crippen LogP contribution in [0.2, 0.25) is 0 Å². The van der Waals surface area contributed by atoms with Crippen molar-refractivity contribution in [2.45, 2.75) is 32.2 Å². The van der Waals surface area contributed by atoms with Gasteiger partial charge in [0.05, 0.1) is 5.54 Å². The van der Waals surface area contributed by atoms with Gasteiger partial charge in [-0.1, -0.05) is 48.5 Å². The van der Waals surface area contributed by atoms with Gasteiger partial charge in [-0.15, -0.1) is 0 Å². The van der Waals surface area contributed by atoms with E-state index in [4.69, 9.17) is 5.73 Å². The molecule has 3 nitrogen and oxygen atoms in total. The number of rotatable bonds is 5. The Kier molecular flexibility index (Phi) is 4.99. The van der Waals surface area contributed by atoms with E-state index in [1.807, 2.05) is 36.4 Å². The van der Waals surface area contributed by atoms with Gasteiger partial charge in [-0.05, 0) is 44.4 Å². The van der Waals surface area contributed by atoms with Crippen molar-refractivity contribution in [3.05, 3.63) is 66.2 Å². The highest BCUT2D eigenvalue weighted by atomic mass is 15.1. The molecule has 0 unspecified atom stereocenters.